The molecule has 1 saturated carbocycles. The molecule has 16 heavy (non-hydrogen) atoms. The van der Waals surface area contributed by atoms with E-state index in [0.717, 1.165) is 12.8 Å². The summed E-state index contributed by atoms with van der Waals surface area (Å²) in [5.41, 5.74) is 0. The Labute approximate surface area is 93.7 Å². The van der Waals surface area contributed by atoms with Crippen LogP contribution in [-0.2, 0) is 14.3 Å². The fourth-order valence-corrected chi connectivity index (χ4v) is 2.46. The Morgan fingerprint density at radius 1 is 1.25 bits per heavy atom. The van der Waals surface area contributed by atoms with Gasteiger partial charge in [-0.1, -0.05) is 0 Å². The number of cyclic esters (lactones) is 1. The van der Waals surface area contributed by atoms with Crippen molar-refractivity contribution in [1.82, 2.24) is 4.90 Å². The molecule has 1 heterocycles. The Morgan fingerprint density at radius 3 is 2.31 bits per heavy atom. The summed E-state index contributed by atoms with van der Waals surface area (Å²) in [4.78, 5) is 35.1. The maximum atomic E-state index is 11.4. The van der Waals surface area contributed by atoms with E-state index < -0.39 is 6.09 Å². The topological polar surface area (TPSA) is 63.7 Å². The Hall–Kier alpha value is -1.39. The quantitative estimate of drug-likeness (QED) is 0.706. The van der Waals surface area contributed by atoms with Crippen molar-refractivity contribution in [1.29, 1.82) is 0 Å². The molecule has 0 atom stereocenters. The molecule has 1 aliphatic carbocycles. The highest BCUT2D eigenvalue weighted by Crippen LogP contribution is 2.29. The molecule has 1 aliphatic heterocycles. The highest BCUT2D eigenvalue weighted by atomic mass is 16.6. The first-order valence-corrected chi connectivity index (χ1v) is 5.59. The predicted octanol–water partition coefficient (Wildman–Crippen LogP) is 1.11. The molecular weight excluding hydrogens is 210 g/mol. The van der Waals surface area contributed by atoms with Crippen LogP contribution in [0.25, 0.3) is 0 Å². The normalized spacial score (nSPS) is 30.4. The average molecular weight is 225 g/mol. The molecule has 0 aromatic rings. The molecule has 0 aromatic carbocycles. The molecule has 0 N–H and O–H groups in total. The van der Waals surface area contributed by atoms with Crippen LogP contribution in [0.3, 0.4) is 0 Å². The number of amides is 2. The predicted molar refractivity (Wildman–Crippen MR) is 54.6 cm³/mol. The highest BCUT2D eigenvalue weighted by Gasteiger charge is 2.39. The molecule has 2 fully saturated rings. The molecule has 88 valence electrons. The zero-order chi connectivity index (χ0) is 11.7. The Balaban J connectivity index is 1.96. The zero-order valence-electron chi connectivity index (χ0n) is 9.27. The summed E-state index contributed by atoms with van der Waals surface area (Å²) in [7, 11) is 0. The summed E-state index contributed by atoms with van der Waals surface area (Å²) in [5, 5.41) is 0. The third-order valence-electron chi connectivity index (χ3n) is 3.42. The number of imide groups is 1. The molecule has 5 heteroatoms. The summed E-state index contributed by atoms with van der Waals surface area (Å²) in [5.74, 6) is 0.0509. The number of carbonyl (C=O) groups excluding carboxylic acids is 3. The van der Waals surface area contributed by atoms with Crippen LogP contribution in [0.1, 0.15) is 32.6 Å². The Morgan fingerprint density at radius 2 is 1.88 bits per heavy atom. The van der Waals surface area contributed by atoms with Crippen molar-refractivity contribution < 1.29 is 19.1 Å². The van der Waals surface area contributed by atoms with Crippen molar-refractivity contribution in [3.05, 3.63) is 0 Å². The van der Waals surface area contributed by atoms with Gasteiger partial charge >= 0.3 is 6.09 Å². The molecular formula is C11H15NO4. The van der Waals surface area contributed by atoms with E-state index in [1.807, 2.05) is 0 Å². The highest BCUT2D eigenvalue weighted by molar-refractivity contribution is 5.98. The third kappa shape index (κ3) is 1.94. The van der Waals surface area contributed by atoms with Crippen molar-refractivity contribution in [3.8, 4) is 0 Å². The van der Waals surface area contributed by atoms with E-state index >= 15 is 0 Å². The number of hydrogen-bond donors (Lipinski definition) is 0. The summed E-state index contributed by atoms with van der Waals surface area (Å²) < 4.78 is 4.68. The molecule has 2 amide bonds. The Kier molecular flexibility index (Phi) is 2.94. The average Bonchev–Trinajstić information content (AvgIpc) is 2.59. The number of hydrogen-bond acceptors (Lipinski definition) is 4. The van der Waals surface area contributed by atoms with Gasteiger partial charge in [0.15, 0.2) is 6.61 Å². The SMILES string of the molecule is CC(=O)C1CCC(N2C(=O)COC2=O)CC1. The summed E-state index contributed by atoms with van der Waals surface area (Å²) in [6, 6.07) is -0.0712. The van der Waals surface area contributed by atoms with Crippen molar-refractivity contribution >= 4 is 17.8 Å². The smallest absolute Gasteiger partial charge is 0.417 e. The standard InChI is InChI=1S/C11H15NO4/c1-7(13)8-2-4-9(5-3-8)12-10(14)6-16-11(12)15/h8-9H,2-6H2,1H3. The first-order chi connectivity index (χ1) is 7.59. The monoisotopic (exact) mass is 225 g/mol. The lowest BCUT2D eigenvalue weighted by atomic mass is 9.83. The second kappa shape index (κ2) is 4.23. The minimum absolute atomic E-state index is 0.0712. The lowest BCUT2D eigenvalue weighted by Gasteiger charge is -2.30. The molecule has 0 radical (unpaired) electrons. The van der Waals surface area contributed by atoms with Gasteiger partial charge in [-0.15, -0.1) is 0 Å². The van der Waals surface area contributed by atoms with E-state index in [1.165, 1.54) is 4.90 Å². The zero-order valence-corrected chi connectivity index (χ0v) is 9.27. The van der Waals surface area contributed by atoms with Crippen LogP contribution < -0.4 is 0 Å². The van der Waals surface area contributed by atoms with Crippen LogP contribution in [-0.4, -0.2) is 35.3 Å². The molecule has 0 unspecified atom stereocenters. The van der Waals surface area contributed by atoms with Crippen LogP contribution in [0.2, 0.25) is 0 Å². The van der Waals surface area contributed by atoms with Crippen LogP contribution >= 0.6 is 0 Å². The number of ether oxygens (including phenoxy) is 1. The summed E-state index contributed by atoms with van der Waals surface area (Å²) >= 11 is 0. The number of carbonyl (C=O) groups is 3. The van der Waals surface area contributed by atoms with Gasteiger partial charge in [0.05, 0.1) is 0 Å². The molecule has 1 saturated heterocycles. The maximum Gasteiger partial charge on any atom is 0.417 e. The van der Waals surface area contributed by atoms with Crippen molar-refractivity contribution in [2.24, 2.45) is 5.92 Å². The number of Topliss-reactive ketones (excluding diaryl/α,β-unsaturated/α-hetero) is 1. The van der Waals surface area contributed by atoms with E-state index in [9.17, 15) is 14.4 Å². The van der Waals surface area contributed by atoms with E-state index in [1.54, 1.807) is 6.92 Å². The van der Waals surface area contributed by atoms with Gasteiger partial charge < -0.3 is 4.74 Å². The van der Waals surface area contributed by atoms with Gasteiger partial charge in [-0.25, -0.2) is 9.69 Å². The van der Waals surface area contributed by atoms with E-state index in [-0.39, 0.29) is 30.3 Å². The first-order valence-electron chi connectivity index (χ1n) is 5.59. The van der Waals surface area contributed by atoms with E-state index in [0.29, 0.717) is 12.8 Å². The number of nitrogens with zero attached hydrogens (tertiary/aromatic N) is 1. The van der Waals surface area contributed by atoms with Crippen LogP contribution in [0.15, 0.2) is 0 Å². The first kappa shape index (κ1) is 11.1. The van der Waals surface area contributed by atoms with E-state index in [2.05, 4.69) is 4.74 Å². The minimum Gasteiger partial charge on any atom is -0.439 e. The van der Waals surface area contributed by atoms with Crippen LogP contribution in [0.5, 0.6) is 0 Å². The largest absolute Gasteiger partial charge is 0.439 e. The minimum atomic E-state index is -0.531. The van der Waals surface area contributed by atoms with Gasteiger partial charge in [0, 0.05) is 12.0 Å². The molecule has 2 aliphatic rings. The summed E-state index contributed by atoms with van der Waals surface area (Å²) in [6.45, 7) is 1.46. The van der Waals surface area contributed by atoms with Gasteiger partial charge in [0.2, 0.25) is 0 Å². The third-order valence-corrected chi connectivity index (χ3v) is 3.42. The summed E-state index contributed by atoms with van der Waals surface area (Å²) in [6.07, 6.45) is 2.42. The van der Waals surface area contributed by atoms with Gasteiger partial charge in [0.1, 0.15) is 5.78 Å². The molecule has 0 spiro atoms. The second-order valence-electron chi connectivity index (χ2n) is 4.43. The lowest BCUT2D eigenvalue weighted by molar-refractivity contribution is -0.128. The van der Waals surface area contributed by atoms with Crippen molar-refractivity contribution in [3.63, 3.8) is 0 Å². The van der Waals surface area contributed by atoms with Gasteiger partial charge in [-0.3, -0.25) is 9.59 Å². The molecule has 0 aromatic heterocycles. The van der Waals surface area contributed by atoms with Crippen LogP contribution in [0, 0.1) is 5.92 Å². The van der Waals surface area contributed by atoms with Crippen molar-refractivity contribution in [2.45, 2.75) is 38.6 Å². The Bertz CT molecular complexity index is 315. The lowest BCUT2D eigenvalue weighted by Crippen LogP contribution is -2.42. The van der Waals surface area contributed by atoms with Crippen molar-refractivity contribution in [2.75, 3.05) is 6.61 Å². The molecule has 2 rings (SSSR count). The fourth-order valence-electron chi connectivity index (χ4n) is 2.46. The maximum absolute atomic E-state index is 11.4. The van der Waals surface area contributed by atoms with Gasteiger partial charge in [0.25, 0.3) is 5.91 Å². The number of rotatable bonds is 2. The fraction of sp³-hybridized carbons (Fsp3) is 0.727. The molecule has 0 bridgehead atoms. The van der Waals surface area contributed by atoms with Gasteiger partial charge in [-0.2, -0.15) is 0 Å². The van der Waals surface area contributed by atoms with Crippen LogP contribution in [0.4, 0.5) is 4.79 Å². The second-order valence-corrected chi connectivity index (χ2v) is 4.43. The molecule has 5 nitrogen and oxygen atoms in total. The number of ketones is 1. The van der Waals surface area contributed by atoms with E-state index in [4.69, 9.17) is 0 Å². The van der Waals surface area contributed by atoms with Gasteiger partial charge in [-0.05, 0) is 32.6 Å².